The van der Waals surface area contributed by atoms with Crippen molar-refractivity contribution in [2.75, 3.05) is 0 Å². The standard InChI is InChI=1S/C12H18O2/c1-3-4-7-10(2)11-8-5-6-9-12(11)14-13/h5-6,8-10,13H,3-4,7H2,1-2H3. The molecule has 0 fully saturated rings. The monoisotopic (exact) mass is 194 g/mol. The molecule has 0 radical (unpaired) electrons. The summed E-state index contributed by atoms with van der Waals surface area (Å²) in [7, 11) is 0. The van der Waals surface area contributed by atoms with Crippen molar-refractivity contribution in [2.45, 2.75) is 39.0 Å². The lowest BCUT2D eigenvalue weighted by atomic mass is 9.95. The Balaban J connectivity index is 2.72. The summed E-state index contributed by atoms with van der Waals surface area (Å²) >= 11 is 0. The fourth-order valence-electron chi connectivity index (χ4n) is 1.64. The Morgan fingerprint density at radius 1 is 1.36 bits per heavy atom. The average Bonchev–Trinajstić information content (AvgIpc) is 2.25. The quantitative estimate of drug-likeness (QED) is 0.570. The van der Waals surface area contributed by atoms with Crippen LogP contribution in [0, 0.1) is 0 Å². The Labute approximate surface area is 85.5 Å². The van der Waals surface area contributed by atoms with Gasteiger partial charge in [-0.25, -0.2) is 5.26 Å². The topological polar surface area (TPSA) is 29.5 Å². The first kappa shape index (κ1) is 11.1. The fraction of sp³-hybridized carbons (Fsp3) is 0.500. The van der Waals surface area contributed by atoms with Crippen LogP contribution in [0.1, 0.15) is 44.6 Å². The predicted octanol–water partition coefficient (Wildman–Crippen LogP) is 3.83. The van der Waals surface area contributed by atoms with Gasteiger partial charge in [-0.1, -0.05) is 44.9 Å². The first-order valence-electron chi connectivity index (χ1n) is 5.20. The second-order valence-corrected chi connectivity index (χ2v) is 3.67. The molecular weight excluding hydrogens is 176 g/mol. The van der Waals surface area contributed by atoms with Crippen LogP contribution in [0.15, 0.2) is 24.3 Å². The lowest BCUT2D eigenvalue weighted by Crippen LogP contribution is -1.97. The lowest BCUT2D eigenvalue weighted by molar-refractivity contribution is -0.138. The zero-order valence-corrected chi connectivity index (χ0v) is 8.86. The van der Waals surface area contributed by atoms with Gasteiger partial charge in [0.2, 0.25) is 0 Å². The predicted molar refractivity (Wildman–Crippen MR) is 57.6 cm³/mol. The van der Waals surface area contributed by atoms with E-state index in [1.807, 2.05) is 18.2 Å². The van der Waals surface area contributed by atoms with Gasteiger partial charge < -0.3 is 4.89 Å². The van der Waals surface area contributed by atoms with Crippen molar-refractivity contribution >= 4 is 0 Å². The zero-order valence-electron chi connectivity index (χ0n) is 8.86. The van der Waals surface area contributed by atoms with E-state index < -0.39 is 0 Å². The third kappa shape index (κ3) is 2.74. The van der Waals surface area contributed by atoms with Crippen molar-refractivity contribution in [3.8, 4) is 5.75 Å². The van der Waals surface area contributed by atoms with Crippen LogP contribution in [-0.4, -0.2) is 5.26 Å². The molecule has 0 aromatic heterocycles. The average molecular weight is 194 g/mol. The van der Waals surface area contributed by atoms with Gasteiger partial charge in [-0.3, -0.25) is 0 Å². The van der Waals surface area contributed by atoms with Gasteiger partial charge >= 0.3 is 0 Å². The molecule has 1 N–H and O–H groups in total. The molecule has 0 amide bonds. The summed E-state index contributed by atoms with van der Waals surface area (Å²) in [5, 5.41) is 8.69. The molecule has 1 atom stereocenters. The summed E-state index contributed by atoms with van der Waals surface area (Å²) in [4.78, 5) is 4.35. The summed E-state index contributed by atoms with van der Waals surface area (Å²) in [5.41, 5.74) is 1.09. The van der Waals surface area contributed by atoms with Gasteiger partial charge in [-0.05, 0) is 18.4 Å². The molecule has 1 unspecified atom stereocenters. The molecule has 2 nitrogen and oxygen atoms in total. The van der Waals surface area contributed by atoms with E-state index in [0.29, 0.717) is 11.7 Å². The summed E-state index contributed by atoms with van der Waals surface area (Å²) in [5.74, 6) is 1.02. The van der Waals surface area contributed by atoms with E-state index in [4.69, 9.17) is 5.26 Å². The number of hydrogen-bond donors (Lipinski definition) is 1. The molecule has 0 heterocycles. The van der Waals surface area contributed by atoms with Gasteiger partial charge in [0.1, 0.15) is 0 Å². The highest BCUT2D eigenvalue weighted by atomic mass is 17.1. The highest BCUT2D eigenvalue weighted by molar-refractivity contribution is 5.35. The van der Waals surface area contributed by atoms with Gasteiger partial charge in [0.25, 0.3) is 0 Å². The number of para-hydroxylation sites is 1. The van der Waals surface area contributed by atoms with Crippen LogP contribution in [-0.2, 0) is 0 Å². The molecule has 0 bridgehead atoms. The normalized spacial score (nSPS) is 12.5. The SMILES string of the molecule is CCCCC(C)c1ccccc1OO. The number of rotatable bonds is 5. The third-order valence-electron chi connectivity index (χ3n) is 2.54. The summed E-state index contributed by atoms with van der Waals surface area (Å²) < 4.78 is 0. The van der Waals surface area contributed by atoms with E-state index in [2.05, 4.69) is 18.7 Å². The van der Waals surface area contributed by atoms with Crippen LogP contribution in [0.25, 0.3) is 0 Å². The summed E-state index contributed by atoms with van der Waals surface area (Å²) in [6.45, 7) is 4.34. The maximum absolute atomic E-state index is 8.69. The highest BCUT2D eigenvalue weighted by Gasteiger charge is 2.10. The summed E-state index contributed by atoms with van der Waals surface area (Å²) in [6, 6.07) is 7.63. The van der Waals surface area contributed by atoms with Crippen LogP contribution >= 0.6 is 0 Å². The number of hydrogen-bond acceptors (Lipinski definition) is 2. The van der Waals surface area contributed by atoms with E-state index >= 15 is 0 Å². The minimum Gasteiger partial charge on any atom is -0.340 e. The second kappa shape index (κ2) is 5.66. The molecule has 0 saturated heterocycles. The van der Waals surface area contributed by atoms with Crippen molar-refractivity contribution in [2.24, 2.45) is 0 Å². The molecule has 14 heavy (non-hydrogen) atoms. The van der Waals surface area contributed by atoms with Crippen LogP contribution in [0.5, 0.6) is 5.75 Å². The Hall–Kier alpha value is -1.02. The molecule has 0 spiro atoms. The molecule has 0 aliphatic carbocycles. The minimum absolute atomic E-state index is 0.443. The maximum Gasteiger partial charge on any atom is 0.168 e. The molecule has 2 heteroatoms. The zero-order chi connectivity index (χ0) is 10.4. The van der Waals surface area contributed by atoms with Crippen LogP contribution in [0.2, 0.25) is 0 Å². The van der Waals surface area contributed by atoms with Crippen molar-refractivity contribution < 1.29 is 10.1 Å². The van der Waals surface area contributed by atoms with Gasteiger partial charge in [0.15, 0.2) is 5.75 Å². The first-order valence-corrected chi connectivity index (χ1v) is 5.20. The summed E-state index contributed by atoms with van der Waals surface area (Å²) in [6.07, 6.45) is 3.55. The van der Waals surface area contributed by atoms with Crippen molar-refractivity contribution in [3.05, 3.63) is 29.8 Å². The van der Waals surface area contributed by atoms with Crippen LogP contribution in [0.3, 0.4) is 0 Å². The fourth-order valence-corrected chi connectivity index (χ4v) is 1.64. The minimum atomic E-state index is 0.443. The van der Waals surface area contributed by atoms with Gasteiger partial charge in [-0.2, -0.15) is 0 Å². The Morgan fingerprint density at radius 3 is 2.71 bits per heavy atom. The van der Waals surface area contributed by atoms with E-state index in [0.717, 1.165) is 12.0 Å². The largest absolute Gasteiger partial charge is 0.340 e. The number of benzene rings is 1. The Kier molecular flexibility index (Phi) is 4.47. The van der Waals surface area contributed by atoms with Crippen molar-refractivity contribution in [1.29, 1.82) is 0 Å². The molecule has 1 rings (SSSR count). The lowest BCUT2D eigenvalue weighted by Gasteiger charge is -2.13. The molecular formula is C12H18O2. The Morgan fingerprint density at radius 2 is 2.07 bits per heavy atom. The van der Waals surface area contributed by atoms with E-state index in [-0.39, 0.29) is 0 Å². The maximum atomic E-state index is 8.69. The van der Waals surface area contributed by atoms with Crippen molar-refractivity contribution in [1.82, 2.24) is 0 Å². The molecule has 0 saturated carbocycles. The van der Waals surface area contributed by atoms with Crippen LogP contribution in [0.4, 0.5) is 0 Å². The Bertz CT molecular complexity index is 271. The van der Waals surface area contributed by atoms with Gasteiger partial charge in [0, 0.05) is 5.56 Å². The molecule has 1 aromatic carbocycles. The van der Waals surface area contributed by atoms with E-state index in [1.165, 1.54) is 12.8 Å². The molecule has 78 valence electrons. The first-order chi connectivity index (χ1) is 6.79. The van der Waals surface area contributed by atoms with Crippen molar-refractivity contribution in [3.63, 3.8) is 0 Å². The van der Waals surface area contributed by atoms with E-state index in [1.54, 1.807) is 6.07 Å². The molecule has 0 aliphatic rings. The van der Waals surface area contributed by atoms with Gasteiger partial charge in [0.05, 0.1) is 0 Å². The third-order valence-corrected chi connectivity index (χ3v) is 2.54. The van der Waals surface area contributed by atoms with Crippen LogP contribution < -0.4 is 4.89 Å². The smallest absolute Gasteiger partial charge is 0.168 e. The number of unbranched alkanes of at least 4 members (excludes halogenated alkanes) is 1. The second-order valence-electron chi connectivity index (χ2n) is 3.67. The molecule has 1 aromatic rings. The molecule has 0 aliphatic heterocycles. The highest BCUT2D eigenvalue weighted by Crippen LogP contribution is 2.29. The van der Waals surface area contributed by atoms with E-state index in [9.17, 15) is 0 Å². The van der Waals surface area contributed by atoms with Gasteiger partial charge in [-0.15, -0.1) is 0 Å².